The predicted octanol–water partition coefficient (Wildman–Crippen LogP) is 2.61. The number of hydrogen-bond acceptors (Lipinski definition) is 4. The van der Waals surface area contributed by atoms with Crippen molar-refractivity contribution in [2.45, 2.75) is 18.9 Å². The third-order valence-corrected chi connectivity index (χ3v) is 3.64. The van der Waals surface area contributed by atoms with Crippen molar-refractivity contribution in [1.82, 2.24) is 10.3 Å². The lowest BCUT2D eigenvalue weighted by Crippen LogP contribution is -2.30. The van der Waals surface area contributed by atoms with Gasteiger partial charge in [0.05, 0.1) is 5.69 Å². The third kappa shape index (κ3) is 3.33. The standard InChI is InChI=1S/C14H13FN2O2S/c15-10-3-1-9(2-4-10)12-8-20-14(17-12)19-7-13(18)16-11-5-6-11/h1-4,8,11H,5-7H2,(H,16,18). The number of halogens is 1. The molecule has 0 atom stereocenters. The normalized spacial score (nSPS) is 14.1. The summed E-state index contributed by atoms with van der Waals surface area (Å²) in [7, 11) is 0. The zero-order chi connectivity index (χ0) is 13.9. The lowest BCUT2D eigenvalue weighted by molar-refractivity contribution is -0.123. The number of carbonyl (C=O) groups excluding carboxylic acids is 1. The molecule has 0 aliphatic heterocycles. The van der Waals surface area contributed by atoms with E-state index in [1.165, 1.54) is 23.5 Å². The third-order valence-electron chi connectivity index (χ3n) is 2.89. The largest absolute Gasteiger partial charge is 0.460 e. The van der Waals surface area contributed by atoms with Crippen molar-refractivity contribution in [2.75, 3.05) is 6.61 Å². The molecule has 2 aromatic rings. The Hall–Kier alpha value is -1.95. The van der Waals surface area contributed by atoms with Gasteiger partial charge in [-0.1, -0.05) is 11.3 Å². The van der Waals surface area contributed by atoms with Crippen LogP contribution in [0, 0.1) is 5.82 Å². The van der Waals surface area contributed by atoms with Crippen LogP contribution in [-0.2, 0) is 4.79 Å². The smallest absolute Gasteiger partial charge is 0.274 e. The van der Waals surface area contributed by atoms with E-state index < -0.39 is 0 Å². The summed E-state index contributed by atoms with van der Waals surface area (Å²) in [6.07, 6.45) is 2.11. The summed E-state index contributed by atoms with van der Waals surface area (Å²) in [5.74, 6) is -0.400. The maximum atomic E-state index is 12.8. The Morgan fingerprint density at radius 1 is 1.40 bits per heavy atom. The van der Waals surface area contributed by atoms with Gasteiger partial charge in [-0.2, -0.15) is 0 Å². The average molecular weight is 292 g/mol. The van der Waals surface area contributed by atoms with Crippen LogP contribution >= 0.6 is 11.3 Å². The number of rotatable bonds is 5. The summed E-state index contributed by atoms with van der Waals surface area (Å²) in [6, 6.07) is 6.43. The Morgan fingerprint density at radius 2 is 2.15 bits per heavy atom. The zero-order valence-corrected chi connectivity index (χ0v) is 11.5. The molecule has 6 heteroatoms. The van der Waals surface area contributed by atoms with Crippen LogP contribution in [0.25, 0.3) is 11.3 Å². The van der Waals surface area contributed by atoms with Crippen molar-refractivity contribution in [3.8, 4) is 16.5 Å². The van der Waals surface area contributed by atoms with Crippen molar-refractivity contribution in [1.29, 1.82) is 0 Å². The Kier molecular flexibility index (Phi) is 3.64. The Bertz CT molecular complexity index is 608. The second-order valence-corrected chi connectivity index (χ2v) is 5.46. The number of ether oxygens (including phenoxy) is 1. The fourth-order valence-corrected chi connectivity index (χ4v) is 2.38. The molecule has 0 bridgehead atoms. The SMILES string of the molecule is O=C(COc1nc(-c2ccc(F)cc2)cs1)NC1CC1. The first-order valence-electron chi connectivity index (χ1n) is 6.34. The van der Waals surface area contributed by atoms with Gasteiger partial charge < -0.3 is 10.1 Å². The van der Waals surface area contributed by atoms with Gasteiger partial charge in [0.25, 0.3) is 11.1 Å². The predicted molar refractivity (Wildman–Crippen MR) is 74.2 cm³/mol. The van der Waals surface area contributed by atoms with Gasteiger partial charge in [0.15, 0.2) is 6.61 Å². The summed E-state index contributed by atoms with van der Waals surface area (Å²) in [5, 5.41) is 5.10. The van der Waals surface area contributed by atoms with Crippen molar-refractivity contribution in [3.05, 3.63) is 35.5 Å². The number of benzene rings is 1. The van der Waals surface area contributed by atoms with E-state index in [4.69, 9.17) is 4.74 Å². The first-order chi connectivity index (χ1) is 9.70. The van der Waals surface area contributed by atoms with Gasteiger partial charge >= 0.3 is 0 Å². The first kappa shape index (κ1) is 13.1. The number of thiazole rings is 1. The highest BCUT2D eigenvalue weighted by Crippen LogP contribution is 2.26. The van der Waals surface area contributed by atoms with E-state index >= 15 is 0 Å². The molecule has 1 aromatic carbocycles. The van der Waals surface area contributed by atoms with Crippen LogP contribution in [0.5, 0.6) is 5.19 Å². The summed E-state index contributed by atoms with van der Waals surface area (Å²) in [4.78, 5) is 15.8. The van der Waals surface area contributed by atoms with E-state index in [1.54, 1.807) is 12.1 Å². The van der Waals surface area contributed by atoms with Gasteiger partial charge in [-0.3, -0.25) is 4.79 Å². The fourth-order valence-electron chi connectivity index (χ4n) is 1.70. The van der Waals surface area contributed by atoms with Crippen LogP contribution in [0.1, 0.15) is 12.8 Å². The number of aromatic nitrogens is 1. The molecule has 1 aromatic heterocycles. The molecular formula is C14H13FN2O2S. The zero-order valence-electron chi connectivity index (χ0n) is 10.6. The summed E-state index contributed by atoms with van der Waals surface area (Å²) >= 11 is 1.32. The topological polar surface area (TPSA) is 51.2 Å². The van der Waals surface area contributed by atoms with Crippen LogP contribution < -0.4 is 10.1 Å². The van der Waals surface area contributed by atoms with Gasteiger partial charge in [0.2, 0.25) is 0 Å². The molecule has 1 amide bonds. The summed E-state index contributed by atoms with van der Waals surface area (Å²) in [5.41, 5.74) is 1.53. The van der Waals surface area contributed by atoms with E-state index in [0.717, 1.165) is 18.4 Å². The number of carbonyl (C=O) groups is 1. The molecule has 1 saturated carbocycles. The molecule has 0 spiro atoms. The summed E-state index contributed by atoms with van der Waals surface area (Å²) in [6.45, 7) is -0.0210. The molecule has 1 heterocycles. The molecule has 0 radical (unpaired) electrons. The Morgan fingerprint density at radius 3 is 2.85 bits per heavy atom. The highest BCUT2D eigenvalue weighted by atomic mass is 32.1. The van der Waals surface area contributed by atoms with Crippen molar-refractivity contribution < 1.29 is 13.9 Å². The molecule has 20 heavy (non-hydrogen) atoms. The minimum absolute atomic E-state index is 0.0210. The lowest BCUT2D eigenvalue weighted by atomic mass is 10.2. The molecule has 1 N–H and O–H groups in total. The average Bonchev–Trinajstić information content (AvgIpc) is 3.12. The quantitative estimate of drug-likeness (QED) is 0.921. The maximum Gasteiger partial charge on any atom is 0.274 e. The van der Waals surface area contributed by atoms with Gasteiger partial charge in [-0.05, 0) is 37.1 Å². The highest BCUT2D eigenvalue weighted by Gasteiger charge is 2.23. The minimum Gasteiger partial charge on any atom is -0.460 e. The van der Waals surface area contributed by atoms with E-state index in [0.29, 0.717) is 16.9 Å². The molecule has 0 saturated heterocycles. The number of nitrogens with one attached hydrogen (secondary N) is 1. The molecule has 1 aliphatic carbocycles. The van der Waals surface area contributed by atoms with Gasteiger partial charge in [-0.25, -0.2) is 9.37 Å². The second kappa shape index (κ2) is 5.58. The molecule has 0 unspecified atom stereocenters. The number of hydrogen-bond donors (Lipinski definition) is 1. The van der Waals surface area contributed by atoms with Gasteiger partial charge in [0.1, 0.15) is 5.82 Å². The first-order valence-corrected chi connectivity index (χ1v) is 7.22. The monoisotopic (exact) mass is 292 g/mol. The molecule has 3 rings (SSSR count). The molecule has 4 nitrogen and oxygen atoms in total. The lowest BCUT2D eigenvalue weighted by Gasteiger charge is -2.03. The maximum absolute atomic E-state index is 12.8. The summed E-state index contributed by atoms with van der Waals surface area (Å²) < 4.78 is 18.2. The number of nitrogens with zero attached hydrogens (tertiary/aromatic N) is 1. The van der Waals surface area contributed by atoms with E-state index in [9.17, 15) is 9.18 Å². The van der Waals surface area contributed by atoms with Gasteiger partial charge in [-0.15, -0.1) is 0 Å². The number of amides is 1. The Labute approximate surface area is 119 Å². The van der Waals surface area contributed by atoms with Crippen molar-refractivity contribution in [2.24, 2.45) is 0 Å². The minimum atomic E-state index is -0.280. The van der Waals surface area contributed by atoms with E-state index in [2.05, 4.69) is 10.3 Å². The van der Waals surface area contributed by atoms with Crippen LogP contribution in [0.2, 0.25) is 0 Å². The van der Waals surface area contributed by atoms with Gasteiger partial charge in [0, 0.05) is 17.0 Å². The molecule has 104 valence electrons. The molecular weight excluding hydrogens is 279 g/mol. The van der Waals surface area contributed by atoms with Crippen LogP contribution in [0.15, 0.2) is 29.6 Å². The fraction of sp³-hybridized carbons (Fsp3) is 0.286. The second-order valence-electron chi connectivity index (χ2n) is 4.64. The Balaban J connectivity index is 1.58. The molecule has 1 fully saturated rings. The van der Waals surface area contributed by atoms with Crippen LogP contribution in [0.4, 0.5) is 4.39 Å². The van der Waals surface area contributed by atoms with E-state index in [1.807, 2.05) is 5.38 Å². The van der Waals surface area contributed by atoms with Crippen LogP contribution in [-0.4, -0.2) is 23.5 Å². The van der Waals surface area contributed by atoms with Crippen LogP contribution in [0.3, 0.4) is 0 Å². The molecule has 1 aliphatic rings. The van der Waals surface area contributed by atoms with Crippen molar-refractivity contribution in [3.63, 3.8) is 0 Å². The van der Waals surface area contributed by atoms with Crippen molar-refractivity contribution >= 4 is 17.2 Å². The van der Waals surface area contributed by atoms with E-state index in [-0.39, 0.29) is 18.3 Å². The highest BCUT2D eigenvalue weighted by molar-refractivity contribution is 7.11.